The van der Waals surface area contributed by atoms with E-state index in [9.17, 15) is 4.79 Å². The predicted octanol–water partition coefficient (Wildman–Crippen LogP) is 8.78. The summed E-state index contributed by atoms with van der Waals surface area (Å²) in [5, 5.41) is 0. The van der Waals surface area contributed by atoms with Gasteiger partial charge in [-0.15, -0.1) is 0 Å². The topological polar surface area (TPSA) is 26.3 Å². The Labute approximate surface area is 176 Å². The van der Waals surface area contributed by atoms with Crippen LogP contribution in [0.15, 0.2) is 12.2 Å². The second-order valence-corrected chi connectivity index (χ2v) is 9.06. The highest BCUT2D eigenvalue weighted by molar-refractivity contribution is 5.77. The van der Waals surface area contributed by atoms with Crippen LogP contribution in [0.3, 0.4) is 0 Å². The molecule has 0 amide bonds. The molecule has 0 aromatic carbocycles. The maximum absolute atomic E-state index is 11.6. The molecule has 166 valence electrons. The molecule has 0 radical (unpaired) electrons. The fourth-order valence-corrected chi connectivity index (χ4v) is 3.70. The Balaban J connectivity index is 3.25. The molecule has 0 saturated heterocycles. The molecule has 0 heterocycles. The molecule has 0 rings (SSSR count). The lowest BCUT2D eigenvalue weighted by Gasteiger charge is -2.16. The summed E-state index contributed by atoms with van der Waals surface area (Å²) in [6.45, 7) is 6.10. The average molecular weight is 395 g/mol. The number of allylic oxidation sites excluding steroid dienone is 1. The van der Waals surface area contributed by atoms with Gasteiger partial charge in [0.1, 0.15) is 0 Å². The maximum atomic E-state index is 11.6. The molecule has 0 saturated carbocycles. The van der Waals surface area contributed by atoms with Crippen molar-refractivity contribution in [2.45, 2.75) is 136 Å². The number of esters is 1. The van der Waals surface area contributed by atoms with E-state index >= 15 is 0 Å². The van der Waals surface area contributed by atoms with Crippen molar-refractivity contribution in [1.29, 1.82) is 0 Å². The molecule has 0 unspecified atom stereocenters. The summed E-state index contributed by atoms with van der Waals surface area (Å²) in [4.78, 5) is 11.6. The van der Waals surface area contributed by atoms with E-state index in [1.165, 1.54) is 116 Å². The Morgan fingerprint density at radius 3 is 1.39 bits per heavy atom. The minimum absolute atomic E-state index is 0.161. The monoisotopic (exact) mass is 394 g/mol. The molecule has 0 spiro atoms. The smallest absolute Gasteiger partial charge is 0.315 e. The van der Waals surface area contributed by atoms with Crippen LogP contribution in [0.5, 0.6) is 0 Å². The Bertz CT molecular complexity index is 371. The van der Waals surface area contributed by atoms with Gasteiger partial charge in [0.05, 0.1) is 12.5 Å². The van der Waals surface area contributed by atoms with Gasteiger partial charge in [-0.25, -0.2) is 0 Å². The summed E-state index contributed by atoms with van der Waals surface area (Å²) >= 11 is 0. The SMILES string of the molecule is CCCCCCCCCCCCCCCCCCC/C=C/C(C)(C)C(=O)OC. The van der Waals surface area contributed by atoms with Gasteiger partial charge in [-0.2, -0.15) is 0 Å². The van der Waals surface area contributed by atoms with Gasteiger partial charge in [-0.1, -0.05) is 122 Å². The number of methoxy groups -OCH3 is 1. The van der Waals surface area contributed by atoms with Gasteiger partial charge >= 0.3 is 5.97 Å². The first kappa shape index (κ1) is 27.2. The van der Waals surface area contributed by atoms with Crippen LogP contribution in [-0.4, -0.2) is 13.1 Å². The third-order valence-electron chi connectivity index (χ3n) is 5.72. The molecule has 0 aromatic heterocycles. The van der Waals surface area contributed by atoms with Crippen LogP contribution in [0.2, 0.25) is 0 Å². The molecule has 0 aliphatic carbocycles. The lowest BCUT2D eigenvalue weighted by Crippen LogP contribution is -2.22. The number of rotatable bonds is 20. The zero-order valence-corrected chi connectivity index (χ0v) is 19.7. The third kappa shape index (κ3) is 17.3. The van der Waals surface area contributed by atoms with E-state index in [4.69, 9.17) is 4.74 Å². The fraction of sp³-hybridized carbons (Fsp3) is 0.885. The van der Waals surface area contributed by atoms with E-state index in [1.54, 1.807) is 0 Å². The van der Waals surface area contributed by atoms with Crippen molar-refractivity contribution >= 4 is 5.97 Å². The van der Waals surface area contributed by atoms with Crippen molar-refractivity contribution in [3.63, 3.8) is 0 Å². The number of carbonyl (C=O) groups is 1. The summed E-state index contributed by atoms with van der Waals surface area (Å²) < 4.78 is 4.82. The molecule has 28 heavy (non-hydrogen) atoms. The van der Waals surface area contributed by atoms with Gasteiger partial charge < -0.3 is 4.74 Å². The summed E-state index contributed by atoms with van der Waals surface area (Å²) in [5.74, 6) is -0.161. The Morgan fingerprint density at radius 2 is 1.04 bits per heavy atom. The Morgan fingerprint density at radius 1 is 0.679 bits per heavy atom. The number of unbranched alkanes of at least 4 members (excludes halogenated alkanes) is 17. The zero-order chi connectivity index (χ0) is 20.9. The van der Waals surface area contributed by atoms with Crippen LogP contribution in [0, 0.1) is 5.41 Å². The van der Waals surface area contributed by atoms with Crippen molar-refractivity contribution in [1.82, 2.24) is 0 Å². The number of ether oxygens (including phenoxy) is 1. The standard InChI is InChI=1S/C26H50O2/c1-5-6-7-8-9-10-11-12-13-14-15-16-17-18-19-20-21-22-23-24-26(2,3)25(27)28-4/h23-24H,5-22H2,1-4H3/b24-23+. The normalized spacial score (nSPS) is 12.0. The van der Waals surface area contributed by atoms with E-state index in [0.29, 0.717) is 0 Å². The molecule has 0 bridgehead atoms. The minimum atomic E-state index is -0.497. The van der Waals surface area contributed by atoms with Crippen LogP contribution >= 0.6 is 0 Å². The first-order valence-corrected chi connectivity index (χ1v) is 12.3. The van der Waals surface area contributed by atoms with Crippen LogP contribution in [0.1, 0.15) is 136 Å². The first-order valence-electron chi connectivity index (χ1n) is 12.3. The molecule has 0 aromatic rings. The molecule has 0 N–H and O–H groups in total. The van der Waals surface area contributed by atoms with Crippen molar-refractivity contribution in [2.75, 3.05) is 7.11 Å². The summed E-state index contributed by atoms with van der Waals surface area (Å²) in [5.41, 5.74) is -0.497. The molecule has 0 fully saturated rings. The van der Waals surface area contributed by atoms with E-state index in [2.05, 4.69) is 13.0 Å². The van der Waals surface area contributed by atoms with Gasteiger partial charge in [0, 0.05) is 0 Å². The van der Waals surface area contributed by atoms with E-state index < -0.39 is 5.41 Å². The molecule has 2 nitrogen and oxygen atoms in total. The highest BCUT2D eigenvalue weighted by atomic mass is 16.5. The average Bonchev–Trinajstić information content (AvgIpc) is 2.69. The molecule has 0 atom stereocenters. The van der Waals surface area contributed by atoms with E-state index in [1.807, 2.05) is 19.9 Å². The lowest BCUT2D eigenvalue weighted by molar-refractivity contribution is -0.148. The third-order valence-corrected chi connectivity index (χ3v) is 5.72. The molecular weight excluding hydrogens is 344 g/mol. The van der Waals surface area contributed by atoms with Crippen LogP contribution in [0.25, 0.3) is 0 Å². The lowest BCUT2D eigenvalue weighted by atomic mass is 9.92. The predicted molar refractivity (Wildman–Crippen MR) is 124 cm³/mol. The zero-order valence-electron chi connectivity index (χ0n) is 19.7. The molecule has 0 aliphatic rings. The highest BCUT2D eigenvalue weighted by Gasteiger charge is 2.24. The van der Waals surface area contributed by atoms with Crippen LogP contribution in [-0.2, 0) is 9.53 Å². The number of hydrogen-bond acceptors (Lipinski definition) is 2. The van der Waals surface area contributed by atoms with Gasteiger partial charge in [-0.3, -0.25) is 4.79 Å². The second kappa shape index (κ2) is 19.5. The molecular formula is C26H50O2. The van der Waals surface area contributed by atoms with Gasteiger partial charge in [-0.05, 0) is 26.7 Å². The van der Waals surface area contributed by atoms with Crippen molar-refractivity contribution in [2.24, 2.45) is 5.41 Å². The molecule has 0 aliphatic heterocycles. The first-order chi connectivity index (χ1) is 13.5. The van der Waals surface area contributed by atoms with Crippen LogP contribution in [0.4, 0.5) is 0 Å². The number of hydrogen-bond donors (Lipinski definition) is 0. The second-order valence-electron chi connectivity index (χ2n) is 9.06. The Kier molecular flexibility index (Phi) is 19.0. The van der Waals surface area contributed by atoms with Gasteiger partial charge in [0.2, 0.25) is 0 Å². The largest absolute Gasteiger partial charge is 0.468 e. The van der Waals surface area contributed by atoms with E-state index in [0.717, 1.165) is 6.42 Å². The highest BCUT2D eigenvalue weighted by Crippen LogP contribution is 2.20. The van der Waals surface area contributed by atoms with E-state index in [-0.39, 0.29) is 5.97 Å². The Hall–Kier alpha value is -0.790. The summed E-state index contributed by atoms with van der Waals surface area (Å²) in [6.07, 6.45) is 29.1. The maximum Gasteiger partial charge on any atom is 0.315 e. The van der Waals surface area contributed by atoms with Crippen molar-refractivity contribution in [3.8, 4) is 0 Å². The quantitative estimate of drug-likeness (QED) is 0.117. The number of carbonyl (C=O) groups excluding carboxylic acids is 1. The van der Waals surface area contributed by atoms with Gasteiger partial charge in [0.15, 0.2) is 0 Å². The minimum Gasteiger partial charge on any atom is -0.468 e. The van der Waals surface area contributed by atoms with Crippen molar-refractivity contribution < 1.29 is 9.53 Å². The molecule has 2 heteroatoms. The summed E-state index contributed by atoms with van der Waals surface area (Å²) in [6, 6.07) is 0. The van der Waals surface area contributed by atoms with Gasteiger partial charge in [0.25, 0.3) is 0 Å². The van der Waals surface area contributed by atoms with Crippen molar-refractivity contribution in [3.05, 3.63) is 12.2 Å². The fourth-order valence-electron chi connectivity index (χ4n) is 3.70. The van der Waals surface area contributed by atoms with Crippen LogP contribution < -0.4 is 0 Å². The summed E-state index contributed by atoms with van der Waals surface area (Å²) in [7, 11) is 1.45.